The number of amides is 1. The molecule has 0 saturated carbocycles. The minimum atomic E-state index is -1.29. The van der Waals surface area contributed by atoms with Crippen LogP contribution in [-0.4, -0.2) is 44.0 Å². The van der Waals surface area contributed by atoms with Crippen molar-refractivity contribution in [2.45, 2.75) is 54.4 Å². The van der Waals surface area contributed by atoms with Gasteiger partial charge in [0, 0.05) is 11.1 Å². The van der Waals surface area contributed by atoms with Gasteiger partial charge in [0.05, 0.1) is 14.2 Å². The highest BCUT2D eigenvalue weighted by molar-refractivity contribution is 6.14. The minimum absolute atomic E-state index is 0.375. The van der Waals surface area contributed by atoms with Crippen LogP contribution in [0.25, 0.3) is 11.6 Å². The molecule has 9 heteroatoms. The van der Waals surface area contributed by atoms with Gasteiger partial charge in [-0.05, 0) is 53.8 Å². The van der Waals surface area contributed by atoms with Crippen molar-refractivity contribution in [3.8, 4) is 11.5 Å². The van der Waals surface area contributed by atoms with Gasteiger partial charge >= 0.3 is 5.97 Å². The topological polar surface area (TPSA) is 102 Å². The molecular formula is C34H43F2NO6. The van der Waals surface area contributed by atoms with Crippen LogP contribution in [0.15, 0.2) is 54.6 Å². The van der Waals surface area contributed by atoms with Crippen molar-refractivity contribution in [1.29, 1.82) is 0 Å². The first-order chi connectivity index (χ1) is 20.5. The number of aryl methyl sites for hydroxylation is 1. The maximum Gasteiger partial charge on any atom is 0.322 e. The van der Waals surface area contributed by atoms with E-state index in [0.717, 1.165) is 41.2 Å². The van der Waals surface area contributed by atoms with Crippen molar-refractivity contribution < 1.29 is 37.7 Å². The van der Waals surface area contributed by atoms with Gasteiger partial charge in [0.2, 0.25) is 0 Å². The number of allylic oxidation sites excluding steroid dienone is 1. The van der Waals surface area contributed by atoms with E-state index in [9.17, 15) is 23.2 Å². The number of benzene rings is 3. The number of halogens is 2. The standard InChI is InChI=1S/C21H24O3.C9H7F2NO3.2C2H6/c1-14(2)18-9-7-6-8-16(18)12-17(13-22)19-11-10-15(3)20(23-4)21(19)24-5;10-5-2-1-3-6(11)8(5)9(15)12-4-7(13)14;2*1-2/h6-14H,1-5H3;1-3H,4H2,(H,12,15)(H,13,14);2*1-2H3/b17-12+;;;. The fourth-order valence-electron chi connectivity index (χ4n) is 3.81. The third-order valence-corrected chi connectivity index (χ3v) is 5.67. The zero-order valence-corrected chi connectivity index (χ0v) is 26.4. The van der Waals surface area contributed by atoms with E-state index >= 15 is 0 Å². The minimum Gasteiger partial charge on any atom is -0.493 e. The summed E-state index contributed by atoms with van der Waals surface area (Å²) in [5.41, 5.74) is 3.72. The molecule has 0 unspecified atom stereocenters. The zero-order valence-electron chi connectivity index (χ0n) is 26.4. The Morgan fingerprint density at radius 3 is 1.93 bits per heavy atom. The first-order valence-corrected chi connectivity index (χ1v) is 14.0. The Morgan fingerprint density at radius 1 is 0.884 bits per heavy atom. The van der Waals surface area contributed by atoms with Gasteiger partial charge in [-0.2, -0.15) is 0 Å². The van der Waals surface area contributed by atoms with Crippen LogP contribution >= 0.6 is 0 Å². The molecule has 0 heterocycles. The van der Waals surface area contributed by atoms with E-state index in [0.29, 0.717) is 23.0 Å². The maximum absolute atomic E-state index is 13.0. The van der Waals surface area contributed by atoms with Gasteiger partial charge < -0.3 is 19.9 Å². The van der Waals surface area contributed by atoms with E-state index in [1.54, 1.807) is 14.2 Å². The predicted octanol–water partition coefficient (Wildman–Crippen LogP) is 7.71. The molecule has 3 rings (SSSR count). The van der Waals surface area contributed by atoms with E-state index in [1.807, 2.05) is 76.3 Å². The average molecular weight is 600 g/mol. The maximum atomic E-state index is 13.0. The number of hydrogen-bond donors (Lipinski definition) is 2. The Kier molecular flexibility index (Phi) is 18.2. The van der Waals surface area contributed by atoms with Crippen LogP contribution in [0.3, 0.4) is 0 Å². The Labute approximate surface area is 253 Å². The molecule has 0 aliphatic rings. The lowest BCUT2D eigenvalue weighted by molar-refractivity contribution is -0.135. The second-order valence-electron chi connectivity index (χ2n) is 8.67. The summed E-state index contributed by atoms with van der Waals surface area (Å²) in [6.45, 7) is 13.5. The van der Waals surface area contributed by atoms with Gasteiger partial charge in [-0.3, -0.25) is 14.4 Å². The Hall–Kier alpha value is -4.53. The number of methoxy groups -OCH3 is 2. The number of nitrogens with one attached hydrogen (secondary N) is 1. The van der Waals surface area contributed by atoms with Crippen LogP contribution in [0.5, 0.6) is 11.5 Å². The Balaban J connectivity index is 0.000000798. The summed E-state index contributed by atoms with van der Waals surface area (Å²) in [5.74, 6) is -2.83. The van der Waals surface area contributed by atoms with Crippen molar-refractivity contribution in [1.82, 2.24) is 5.32 Å². The van der Waals surface area contributed by atoms with Gasteiger partial charge in [0.1, 0.15) is 23.7 Å². The largest absolute Gasteiger partial charge is 0.493 e. The fraction of sp³-hybridized carbons (Fsp3) is 0.324. The van der Waals surface area contributed by atoms with E-state index < -0.39 is 35.6 Å². The van der Waals surface area contributed by atoms with Gasteiger partial charge in [-0.1, -0.05) is 77.9 Å². The molecule has 0 atom stereocenters. The number of carboxylic acids is 1. The molecule has 0 aliphatic heterocycles. The molecule has 0 saturated heterocycles. The van der Waals surface area contributed by atoms with Crippen molar-refractivity contribution in [3.05, 3.63) is 94.0 Å². The summed E-state index contributed by atoms with van der Waals surface area (Å²) in [6.07, 6.45) is 2.78. The highest BCUT2D eigenvalue weighted by Gasteiger charge is 2.18. The molecule has 0 aliphatic carbocycles. The van der Waals surface area contributed by atoms with Crippen molar-refractivity contribution in [2.24, 2.45) is 0 Å². The Bertz CT molecular complexity index is 1350. The number of carboxylic acid groups (broad SMARTS) is 1. The van der Waals surface area contributed by atoms with Crippen LogP contribution in [0.4, 0.5) is 8.78 Å². The number of carbonyl (C=O) groups is 3. The molecule has 2 N–H and O–H groups in total. The van der Waals surface area contributed by atoms with Crippen LogP contribution in [0.2, 0.25) is 0 Å². The Morgan fingerprint density at radius 2 is 1.44 bits per heavy atom. The second-order valence-corrected chi connectivity index (χ2v) is 8.67. The lowest BCUT2D eigenvalue weighted by atomic mass is 9.94. The van der Waals surface area contributed by atoms with Crippen LogP contribution in [0, 0.1) is 18.6 Å². The normalized spacial score (nSPS) is 10.1. The van der Waals surface area contributed by atoms with Crippen molar-refractivity contribution in [2.75, 3.05) is 20.8 Å². The van der Waals surface area contributed by atoms with Gasteiger partial charge in [0.15, 0.2) is 17.8 Å². The van der Waals surface area contributed by atoms with Gasteiger partial charge in [-0.15, -0.1) is 0 Å². The SMILES string of the molecule is CC.CC.COc1c(C)ccc(/C(C=O)=C/c2ccccc2C(C)C)c1OC.O=C(O)CNC(=O)c1c(F)cccc1F. The molecule has 0 radical (unpaired) electrons. The highest BCUT2D eigenvalue weighted by Crippen LogP contribution is 2.38. The molecule has 0 fully saturated rings. The average Bonchev–Trinajstić information content (AvgIpc) is 3.01. The van der Waals surface area contributed by atoms with E-state index in [1.165, 1.54) is 5.56 Å². The highest BCUT2D eigenvalue weighted by atomic mass is 19.1. The summed E-state index contributed by atoms with van der Waals surface area (Å²) in [7, 11) is 3.19. The monoisotopic (exact) mass is 599 g/mol. The molecule has 3 aromatic carbocycles. The number of carbonyl (C=O) groups excluding carboxylic acids is 2. The lowest BCUT2D eigenvalue weighted by Crippen LogP contribution is -2.30. The molecule has 3 aromatic rings. The third-order valence-electron chi connectivity index (χ3n) is 5.67. The van der Waals surface area contributed by atoms with Crippen LogP contribution < -0.4 is 14.8 Å². The third kappa shape index (κ3) is 11.3. The summed E-state index contributed by atoms with van der Waals surface area (Å²) in [5, 5.41) is 10.1. The van der Waals surface area contributed by atoms with Gasteiger partial charge in [-0.25, -0.2) is 8.78 Å². The van der Waals surface area contributed by atoms with Crippen molar-refractivity contribution in [3.63, 3.8) is 0 Å². The number of hydrogen-bond acceptors (Lipinski definition) is 5. The van der Waals surface area contributed by atoms with E-state index in [4.69, 9.17) is 14.6 Å². The number of ether oxygens (including phenoxy) is 2. The summed E-state index contributed by atoms with van der Waals surface area (Å²) in [6, 6.07) is 14.9. The second kappa shape index (κ2) is 20.4. The quantitative estimate of drug-likeness (QED) is 0.148. The zero-order chi connectivity index (χ0) is 33.1. The molecule has 234 valence electrons. The molecule has 0 spiro atoms. The summed E-state index contributed by atoms with van der Waals surface area (Å²) >= 11 is 0. The predicted molar refractivity (Wildman–Crippen MR) is 168 cm³/mol. The first kappa shape index (κ1) is 38.5. The number of aldehydes is 1. The molecule has 7 nitrogen and oxygen atoms in total. The van der Waals surface area contributed by atoms with Crippen LogP contribution in [-0.2, 0) is 9.59 Å². The summed E-state index contributed by atoms with van der Waals surface area (Å²) in [4.78, 5) is 33.0. The molecule has 0 bridgehead atoms. The molecule has 0 aromatic heterocycles. The summed E-state index contributed by atoms with van der Waals surface area (Å²) < 4.78 is 36.9. The molecular weight excluding hydrogens is 556 g/mol. The van der Waals surface area contributed by atoms with Gasteiger partial charge in [0.25, 0.3) is 5.91 Å². The fourth-order valence-corrected chi connectivity index (χ4v) is 3.81. The van der Waals surface area contributed by atoms with Crippen molar-refractivity contribution >= 4 is 29.8 Å². The number of aliphatic carboxylic acids is 1. The first-order valence-electron chi connectivity index (χ1n) is 14.0. The van der Waals surface area contributed by atoms with E-state index in [2.05, 4.69) is 19.9 Å². The number of rotatable bonds is 9. The molecule has 43 heavy (non-hydrogen) atoms. The molecule has 1 amide bonds. The lowest BCUT2D eigenvalue weighted by Gasteiger charge is -2.15. The van der Waals surface area contributed by atoms with Crippen LogP contribution in [0.1, 0.15) is 80.1 Å². The smallest absolute Gasteiger partial charge is 0.322 e. The van der Waals surface area contributed by atoms with E-state index in [-0.39, 0.29) is 0 Å².